The number of fused-ring (bicyclic) bond motifs is 1. The number of likely N-dealkylation sites (tertiary alicyclic amines) is 1. The fraction of sp³-hybridized carbons (Fsp3) is 0.641. The van der Waals surface area contributed by atoms with Crippen molar-refractivity contribution in [2.24, 2.45) is 28.6 Å². The summed E-state index contributed by atoms with van der Waals surface area (Å²) in [5, 5.41) is 5.66. The van der Waals surface area contributed by atoms with Gasteiger partial charge >= 0.3 is 6.03 Å². The van der Waals surface area contributed by atoms with E-state index in [4.69, 9.17) is 6.42 Å². The molecule has 1 aromatic rings. The number of pyridine rings is 1. The zero-order valence-corrected chi connectivity index (χ0v) is 32.6. The Morgan fingerprint density at radius 1 is 1.10 bits per heavy atom. The summed E-state index contributed by atoms with van der Waals surface area (Å²) in [5.74, 6) is -0.247. The number of rotatable bonds is 17. The van der Waals surface area contributed by atoms with Gasteiger partial charge in [0.2, 0.25) is 11.7 Å². The molecular formula is C39H57N5O7S. The molecule has 1 aromatic heterocycles. The van der Waals surface area contributed by atoms with Gasteiger partial charge in [0.05, 0.1) is 6.04 Å². The van der Waals surface area contributed by atoms with Crippen LogP contribution in [-0.2, 0) is 29.2 Å². The average molecular weight is 740 g/mol. The molecular weight excluding hydrogens is 683 g/mol. The van der Waals surface area contributed by atoms with E-state index in [0.29, 0.717) is 13.0 Å². The average Bonchev–Trinajstić information content (AvgIpc) is 3.68. The molecule has 1 saturated heterocycles. The molecule has 6 atom stereocenters. The van der Waals surface area contributed by atoms with Crippen LogP contribution < -0.4 is 10.6 Å². The molecule has 52 heavy (non-hydrogen) atoms. The molecule has 1 aliphatic carbocycles. The van der Waals surface area contributed by atoms with Crippen molar-refractivity contribution in [3.63, 3.8) is 0 Å². The van der Waals surface area contributed by atoms with Gasteiger partial charge in [0.25, 0.3) is 10.0 Å². The Labute approximate surface area is 310 Å². The van der Waals surface area contributed by atoms with Gasteiger partial charge in [-0.2, -0.15) is 4.31 Å². The number of nitrogens with zero attached hydrogens (tertiary/aromatic N) is 3. The summed E-state index contributed by atoms with van der Waals surface area (Å²) >= 11 is 0. The number of hydrogen-bond acceptors (Lipinski definition) is 8. The number of carbonyl (C=O) groups excluding carboxylic acids is 5. The lowest BCUT2D eigenvalue weighted by Crippen LogP contribution is -2.61. The number of urea groups is 1. The van der Waals surface area contributed by atoms with Crippen LogP contribution in [0.1, 0.15) is 92.9 Å². The number of likely N-dealkylation sites (N-methyl/N-ethyl adjacent to an activating group) is 1. The maximum absolute atomic E-state index is 14.5. The number of hydrogen-bond donors (Lipinski definition) is 2. The Bertz CT molecular complexity index is 1620. The smallest absolute Gasteiger partial charge is 0.315 e. The number of nitrogens with one attached hydrogen (secondary N) is 2. The minimum Gasteiger partial charge on any atom is -0.334 e. The van der Waals surface area contributed by atoms with Crippen LogP contribution in [0.4, 0.5) is 4.79 Å². The molecule has 1 unspecified atom stereocenters. The highest BCUT2D eigenvalue weighted by molar-refractivity contribution is 7.89. The summed E-state index contributed by atoms with van der Waals surface area (Å²) in [6, 6.07) is 1.44. The van der Waals surface area contributed by atoms with Crippen LogP contribution in [0.2, 0.25) is 0 Å². The number of ketones is 3. The van der Waals surface area contributed by atoms with Crippen molar-refractivity contribution in [3.05, 3.63) is 37.1 Å². The van der Waals surface area contributed by atoms with Gasteiger partial charge in [0, 0.05) is 57.6 Å². The van der Waals surface area contributed by atoms with Gasteiger partial charge in [0.1, 0.15) is 6.04 Å². The van der Waals surface area contributed by atoms with Gasteiger partial charge in [-0.25, -0.2) is 18.2 Å². The van der Waals surface area contributed by atoms with Crippen molar-refractivity contribution in [3.8, 4) is 12.3 Å². The molecule has 0 spiro atoms. The second-order valence-corrected chi connectivity index (χ2v) is 18.3. The van der Waals surface area contributed by atoms with E-state index in [1.54, 1.807) is 23.1 Å². The number of sulfonamides is 1. The highest BCUT2D eigenvalue weighted by atomic mass is 32.2. The second kappa shape index (κ2) is 17.8. The standard InChI is InChI=1S/C39H57N5O7S/c1-10-12-17-26(34(47)29(45)20-13-11-2)23-30(46)33-28-19-16-18-27(28)24-44(33)36(48)35(39(6,7)8)42-37(49)41-31(38(3,4)5)25-43(9)52(50,51)32-21-14-15-22-40-32/h1,11,14-15,21-22,26-28,31,33,35H,2,12-13,16-20,23-25H2,3-9H3,(H2,41,42,49)/t26?,27-,28-,31+,33-,35+/m0/s1. The topological polar surface area (TPSA) is 163 Å². The van der Waals surface area contributed by atoms with E-state index in [1.807, 2.05) is 41.5 Å². The number of terminal acetylenes is 1. The van der Waals surface area contributed by atoms with Gasteiger partial charge < -0.3 is 15.5 Å². The predicted molar refractivity (Wildman–Crippen MR) is 199 cm³/mol. The first-order valence-electron chi connectivity index (χ1n) is 18.1. The molecule has 0 bridgehead atoms. The van der Waals surface area contributed by atoms with Crippen LogP contribution in [-0.4, -0.2) is 90.2 Å². The fourth-order valence-electron chi connectivity index (χ4n) is 7.17. The van der Waals surface area contributed by atoms with Gasteiger partial charge in [0.15, 0.2) is 16.6 Å². The van der Waals surface area contributed by atoms with Gasteiger partial charge in [-0.1, -0.05) is 60.1 Å². The lowest BCUT2D eigenvalue weighted by Gasteiger charge is -2.38. The minimum atomic E-state index is -3.95. The van der Waals surface area contributed by atoms with E-state index >= 15 is 0 Å². The monoisotopic (exact) mass is 739 g/mol. The third-order valence-corrected chi connectivity index (χ3v) is 12.0. The van der Waals surface area contributed by atoms with Crippen LogP contribution in [0.15, 0.2) is 42.1 Å². The summed E-state index contributed by atoms with van der Waals surface area (Å²) in [6.45, 7) is 15.0. The van der Waals surface area contributed by atoms with Crippen molar-refractivity contribution >= 4 is 39.3 Å². The Balaban J connectivity index is 1.84. The number of allylic oxidation sites excluding steroid dienone is 1. The van der Waals surface area contributed by atoms with Gasteiger partial charge in [-0.05, 0) is 60.5 Å². The van der Waals surface area contributed by atoms with Crippen molar-refractivity contribution in [2.75, 3.05) is 20.1 Å². The molecule has 2 heterocycles. The number of aromatic nitrogens is 1. The number of amides is 3. The molecule has 3 amide bonds. The first-order chi connectivity index (χ1) is 24.2. The van der Waals surface area contributed by atoms with Crippen molar-refractivity contribution in [1.82, 2.24) is 24.8 Å². The fourth-order valence-corrected chi connectivity index (χ4v) is 8.28. The summed E-state index contributed by atoms with van der Waals surface area (Å²) < 4.78 is 27.6. The Hall–Kier alpha value is -3.89. The van der Waals surface area contributed by atoms with E-state index in [2.05, 4.69) is 28.1 Å². The summed E-state index contributed by atoms with van der Waals surface area (Å²) in [4.78, 5) is 73.8. The first kappa shape index (κ1) is 42.5. The van der Waals surface area contributed by atoms with Crippen molar-refractivity contribution in [2.45, 2.75) is 116 Å². The lowest BCUT2D eigenvalue weighted by molar-refractivity contribution is -0.144. The van der Waals surface area contributed by atoms with E-state index < -0.39 is 68.4 Å². The zero-order valence-electron chi connectivity index (χ0n) is 31.8. The van der Waals surface area contributed by atoms with E-state index in [0.717, 1.165) is 23.6 Å². The molecule has 0 aromatic carbocycles. The quantitative estimate of drug-likeness (QED) is 0.134. The summed E-state index contributed by atoms with van der Waals surface area (Å²) in [7, 11) is -2.52. The van der Waals surface area contributed by atoms with Crippen molar-refractivity contribution in [1.29, 1.82) is 0 Å². The third kappa shape index (κ3) is 10.6. The molecule has 2 fully saturated rings. The van der Waals surface area contributed by atoms with Gasteiger partial charge in [-0.3, -0.25) is 19.2 Å². The minimum absolute atomic E-state index is 0.00914. The molecule has 3 rings (SSSR count). The van der Waals surface area contributed by atoms with Crippen molar-refractivity contribution < 1.29 is 32.4 Å². The maximum atomic E-state index is 14.5. The number of Topliss-reactive ketones (excluding diaryl/α,β-unsaturated/α-hetero) is 3. The molecule has 0 radical (unpaired) electrons. The number of carbonyl (C=O) groups is 5. The van der Waals surface area contributed by atoms with E-state index in [1.165, 1.54) is 19.3 Å². The van der Waals surface area contributed by atoms with Crippen LogP contribution >= 0.6 is 0 Å². The normalized spacial score (nSPS) is 20.7. The molecule has 1 aliphatic heterocycles. The molecule has 1 saturated carbocycles. The Morgan fingerprint density at radius 2 is 1.79 bits per heavy atom. The van der Waals surface area contributed by atoms with E-state index in [-0.39, 0.29) is 54.9 Å². The Kier molecular flexibility index (Phi) is 14.5. The first-order valence-corrected chi connectivity index (χ1v) is 19.6. The summed E-state index contributed by atoms with van der Waals surface area (Å²) in [5.41, 5.74) is -1.37. The van der Waals surface area contributed by atoms with Gasteiger partial charge in [-0.15, -0.1) is 18.9 Å². The van der Waals surface area contributed by atoms with Crippen LogP contribution in [0.25, 0.3) is 0 Å². The van der Waals surface area contributed by atoms with Crippen LogP contribution in [0.5, 0.6) is 0 Å². The molecule has 286 valence electrons. The van der Waals surface area contributed by atoms with Crippen LogP contribution in [0.3, 0.4) is 0 Å². The SMILES string of the molecule is C#CCCC(CC(=O)[C@@H]1[C@H]2CCC[C@H]2CN1C(=O)[C@@H](NC(=O)N[C@H](CN(C)S(=O)(=O)c1ccccn1)C(C)(C)C)C(C)(C)C)C(=O)C(=O)CCC=C. The molecule has 12 nitrogen and oxygen atoms in total. The highest BCUT2D eigenvalue weighted by Crippen LogP contribution is 2.44. The molecule has 2 N–H and O–H groups in total. The zero-order chi connectivity index (χ0) is 39.0. The molecule has 2 aliphatic rings. The summed E-state index contributed by atoms with van der Waals surface area (Å²) in [6.07, 6.45) is 11.5. The lowest BCUT2D eigenvalue weighted by atomic mass is 9.83. The third-order valence-electron chi connectivity index (χ3n) is 10.3. The maximum Gasteiger partial charge on any atom is 0.315 e. The Morgan fingerprint density at radius 3 is 2.37 bits per heavy atom. The van der Waals surface area contributed by atoms with E-state index in [9.17, 15) is 32.4 Å². The predicted octanol–water partition coefficient (Wildman–Crippen LogP) is 4.55. The highest BCUT2D eigenvalue weighted by Gasteiger charge is 2.52. The van der Waals surface area contributed by atoms with Crippen LogP contribution in [0, 0.1) is 40.9 Å². The molecule has 13 heteroatoms. The largest absolute Gasteiger partial charge is 0.334 e. The second-order valence-electron chi connectivity index (χ2n) is 16.3.